The summed E-state index contributed by atoms with van der Waals surface area (Å²) >= 11 is 0. The molecule has 0 aromatic heterocycles. The van der Waals surface area contributed by atoms with E-state index < -0.39 is 11.6 Å². The van der Waals surface area contributed by atoms with E-state index in [1.165, 1.54) is 12.1 Å². The van der Waals surface area contributed by atoms with Gasteiger partial charge in [0.1, 0.15) is 11.6 Å². The Hall–Kier alpha value is -2.27. The highest BCUT2D eigenvalue weighted by Crippen LogP contribution is 2.11. The molecule has 2 rings (SSSR count). The van der Waals surface area contributed by atoms with Gasteiger partial charge in [-0.25, -0.2) is 8.78 Å². The van der Waals surface area contributed by atoms with E-state index in [4.69, 9.17) is 5.11 Å². The average Bonchev–Trinajstić information content (AvgIpc) is 2.54. The lowest BCUT2D eigenvalue weighted by atomic mass is 10.1. The second-order valence-corrected chi connectivity index (χ2v) is 5.31. The van der Waals surface area contributed by atoms with E-state index in [1.807, 2.05) is 24.3 Å². The van der Waals surface area contributed by atoms with Crippen LogP contribution in [0.15, 0.2) is 42.5 Å². The number of benzene rings is 2. The van der Waals surface area contributed by atoms with Gasteiger partial charge < -0.3 is 10.4 Å². The summed E-state index contributed by atoms with van der Waals surface area (Å²) in [5, 5.41) is 11.7. The largest absolute Gasteiger partial charge is 0.392 e. The van der Waals surface area contributed by atoms with E-state index in [0.29, 0.717) is 18.5 Å². The van der Waals surface area contributed by atoms with Crippen LogP contribution in [-0.2, 0) is 24.2 Å². The van der Waals surface area contributed by atoms with Crippen molar-refractivity contribution in [2.45, 2.75) is 25.9 Å². The molecule has 0 saturated carbocycles. The molecule has 0 heterocycles. The molecule has 0 aliphatic heterocycles. The lowest BCUT2D eigenvalue weighted by molar-refractivity contribution is -0.121. The first-order valence-corrected chi connectivity index (χ1v) is 7.48. The van der Waals surface area contributed by atoms with E-state index in [-0.39, 0.29) is 25.4 Å². The molecule has 122 valence electrons. The van der Waals surface area contributed by atoms with E-state index in [2.05, 4.69) is 5.32 Å². The van der Waals surface area contributed by atoms with Gasteiger partial charge in [-0.15, -0.1) is 0 Å². The number of rotatable bonds is 7. The summed E-state index contributed by atoms with van der Waals surface area (Å²) in [6, 6.07) is 10.9. The zero-order valence-corrected chi connectivity index (χ0v) is 12.7. The number of aliphatic hydroxyl groups excluding tert-OH is 1. The summed E-state index contributed by atoms with van der Waals surface area (Å²) in [5.74, 6) is -1.41. The summed E-state index contributed by atoms with van der Waals surface area (Å²) < 4.78 is 26.2. The van der Waals surface area contributed by atoms with Gasteiger partial charge in [0.15, 0.2) is 0 Å². The first kappa shape index (κ1) is 17.1. The molecule has 0 saturated heterocycles. The van der Waals surface area contributed by atoms with Crippen molar-refractivity contribution in [2.24, 2.45) is 0 Å². The van der Waals surface area contributed by atoms with Crippen LogP contribution in [0.25, 0.3) is 0 Å². The number of aryl methyl sites for hydroxylation is 1. The molecule has 0 aliphatic carbocycles. The fourth-order valence-corrected chi connectivity index (χ4v) is 2.22. The molecule has 0 atom stereocenters. The highest BCUT2D eigenvalue weighted by atomic mass is 19.1. The highest BCUT2D eigenvalue weighted by molar-refractivity contribution is 5.76. The smallest absolute Gasteiger partial charge is 0.220 e. The lowest BCUT2D eigenvalue weighted by Crippen LogP contribution is -2.26. The molecule has 0 fully saturated rings. The topological polar surface area (TPSA) is 49.3 Å². The van der Waals surface area contributed by atoms with Gasteiger partial charge in [-0.05, 0) is 35.6 Å². The third-order valence-electron chi connectivity index (χ3n) is 3.58. The molecule has 0 radical (unpaired) electrons. The molecule has 0 aliphatic rings. The van der Waals surface area contributed by atoms with Crippen LogP contribution in [0.1, 0.15) is 23.1 Å². The van der Waals surface area contributed by atoms with Crippen molar-refractivity contribution in [1.29, 1.82) is 0 Å². The van der Waals surface area contributed by atoms with Crippen LogP contribution in [0, 0.1) is 11.6 Å². The molecule has 3 nitrogen and oxygen atoms in total. The fraction of sp³-hybridized carbons (Fsp3) is 0.278. The monoisotopic (exact) mass is 319 g/mol. The van der Waals surface area contributed by atoms with Crippen LogP contribution in [0.3, 0.4) is 0 Å². The molecule has 2 aromatic rings. The zero-order valence-electron chi connectivity index (χ0n) is 12.7. The quantitative estimate of drug-likeness (QED) is 0.824. The Morgan fingerprint density at radius 2 is 1.70 bits per heavy atom. The van der Waals surface area contributed by atoms with Crippen molar-refractivity contribution in [3.05, 3.63) is 70.8 Å². The van der Waals surface area contributed by atoms with Gasteiger partial charge in [0.05, 0.1) is 6.61 Å². The van der Waals surface area contributed by atoms with E-state index in [1.54, 1.807) is 0 Å². The molecular weight excluding hydrogens is 300 g/mol. The van der Waals surface area contributed by atoms with Crippen LogP contribution in [0.4, 0.5) is 8.78 Å². The molecule has 0 bridgehead atoms. The standard InChI is InChI=1S/C18H19F2NO2/c19-16-7-5-15(17(20)11-16)6-8-18(23)21-10-9-13-1-3-14(12-22)4-2-13/h1-5,7,11,22H,6,8-10,12H2,(H,21,23). The number of hydrogen-bond acceptors (Lipinski definition) is 2. The number of nitrogens with one attached hydrogen (secondary N) is 1. The maximum atomic E-state index is 13.4. The fourth-order valence-electron chi connectivity index (χ4n) is 2.22. The van der Waals surface area contributed by atoms with Crippen LogP contribution >= 0.6 is 0 Å². The molecule has 0 unspecified atom stereocenters. The number of aliphatic hydroxyl groups is 1. The average molecular weight is 319 g/mol. The Kier molecular flexibility index (Phi) is 6.23. The first-order chi connectivity index (χ1) is 11.1. The van der Waals surface area contributed by atoms with Crippen molar-refractivity contribution in [3.8, 4) is 0 Å². The molecule has 2 aromatic carbocycles. The third kappa shape index (κ3) is 5.45. The predicted molar refractivity (Wildman–Crippen MR) is 83.8 cm³/mol. The lowest BCUT2D eigenvalue weighted by Gasteiger charge is -2.07. The van der Waals surface area contributed by atoms with Gasteiger partial charge >= 0.3 is 0 Å². The highest BCUT2D eigenvalue weighted by Gasteiger charge is 2.07. The van der Waals surface area contributed by atoms with E-state index in [9.17, 15) is 13.6 Å². The Labute approximate surface area is 134 Å². The van der Waals surface area contributed by atoms with Gasteiger partial charge in [0.25, 0.3) is 0 Å². The maximum absolute atomic E-state index is 13.4. The van der Waals surface area contributed by atoms with Gasteiger partial charge in [0, 0.05) is 19.0 Å². The Balaban J connectivity index is 1.72. The molecular formula is C18H19F2NO2. The van der Waals surface area contributed by atoms with Crippen molar-refractivity contribution >= 4 is 5.91 Å². The van der Waals surface area contributed by atoms with E-state index in [0.717, 1.165) is 17.2 Å². The third-order valence-corrected chi connectivity index (χ3v) is 3.58. The predicted octanol–water partition coefficient (Wildman–Crippen LogP) is 2.75. The Morgan fingerprint density at radius 3 is 2.35 bits per heavy atom. The first-order valence-electron chi connectivity index (χ1n) is 7.48. The number of amides is 1. The summed E-state index contributed by atoms with van der Waals surface area (Å²) in [6.45, 7) is 0.500. The number of hydrogen-bond donors (Lipinski definition) is 2. The minimum atomic E-state index is -0.623. The van der Waals surface area contributed by atoms with Crippen LogP contribution in [0.2, 0.25) is 0 Å². The van der Waals surface area contributed by atoms with Crippen LogP contribution in [0.5, 0.6) is 0 Å². The zero-order chi connectivity index (χ0) is 16.7. The normalized spacial score (nSPS) is 10.6. The molecule has 1 amide bonds. The van der Waals surface area contributed by atoms with Gasteiger partial charge in [-0.3, -0.25) is 4.79 Å². The van der Waals surface area contributed by atoms with Crippen LogP contribution in [-0.4, -0.2) is 17.6 Å². The minimum Gasteiger partial charge on any atom is -0.392 e. The molecule has 5 heteroatoms. The van der Waals surface area contributed by atoms with Gasteiger partial charge in [-0.1, -0.05) is 30.3 Å². The Morgan fingerprint density at radius 1 is 1.00 bits per heavy atom. The Bertz CT molecular complexity index is 657. The maximum Gasteiger partial charge on any atom is 0.220 e. The van der Waals surface area contributed by atoms with Crippen molar-refractivity contribution < 1.29 is 18.7 Å². The number of halogens is 2. The van der Waals surface area contributed by atoms with Crippen LogP contribution < -0.4 is 5.32 Å². The minimum absolute atomic E-state index is 0.0109. The molecule has 0 spiro atoms. The second kappa shape index (κ2) is 8.39. The summed E-state index contributed by atoms with van der Waals surface area (Å²) in [4.78, 5) is 11.7. The number of carbonyl (C=O) groups excluding carboxylic acids is 1. The van der Waals surface area contributed by atoms with Crippen molar-refractivity contribution in [1.82, 2.24) is 5.32 Å². The van der Waals surface area contributed by atoms with Gasteiger partial charge in [0.2, 0.25) is 5.91 Å². The van der Waals surface area contributed by atoms with Gasteiger partial charge in [-0.2, -0.15) is 0 Å². The number of carbonyl (C=O) groups is 1. The molecule has 2 N–H and O–H groups in total. The second-order valence-electron chi connectivity index (χ2n) is 5.31. The summed E-state index contributed by atoms with van der Waals surface area (Å²) in [6.07, 6.45) is 1.08. The SMILES string of the molecule is O=C(CCc1ccc(F)cc1F)NCCc1ccc(CO)cc1. The van der Waals surface area contributed by atoms with E-state index >= 15 is 0 Å². The summed E-state index contributed by atoms with van der Waals surface area (Å²) in [5.41, 5.74) is 2.24. The molecule has 23 heavy (non-hydrogen) atoms. The summed E-state index contributed by atoms with van der Waals surface area (Å²) in [7, 11) is 0. The van der Waals surface area contributed by atoms with Crippen molar-refractivity contribution in [2.75, 3.05) is 6.54 Å². The van der Waals surface area contributed by atoms with Crippen molar-refractivity contribution in [3.63, 3.8) is 0 Å².